The molecule has 1 unspecified atom stereocenters. The van der Waals surface area contributed by atoms with E-state index in [2.05, 4.69) is 26.6 Å². The zero-order valence-corrected chi connectivity index (χ0v) is 13.7. The van der Waals surface area contributed by atoms with E-state index < -0.39 is 10.0 Å². The predicted molar refractivity (Wildman–Crippen MR) is 81.9 cm³/mol. The van der Waals surface area contributed by atoms with E-state index in [1.165, 1.54) is 18.2 Å². The number of hydrogen-bond donors (Lipinski definition) is 3. The predicted octanol–water partition coefficient (Wildman–Crippen LogP) is 1.28. The third-order valence-corrected chi connectivity index (χ3v) is 4.24. The Balaban J connectivity index is 2.81. The normalized spacial score (nSPS) is 13.0. The quantitative estimate of drug-likeness (QED) is 0.708. The summed E-state index contributed by atoms with van der Waals surface area (Å²) in [6, 6.07) is 4.21. The van der Waals surface area contributed by atoms with E-state index in [0.29, 0.717) is 16.7 Å². The average molecular weight is 364 g/mol. The maximum Gasteiger partial charge on any atom is 0.238 e. The highest BCUT2D eigenvalue weighted by atomic mass is 79.9. The van der Waals surface area contributed by atoms with Gasteiger partial charge in [-0.3, -0.25) is 4.79 Å². The molecule has 0 aromatic heterocycles. The van der Waals surface area contributed by atoms with Crippen molar-refractivity contribution in [1.29, 1.82) is 0 Å². The summed E-state index contributed by atoms with van der Waals surface area (Å²) in [5, 5.41) is 10.9. The lowest BCUT2D eigenvalue weighted by Crippen LogP contribution is -2.30. The summed E-state index contributed by atoms with van der Waals surface area (Å²) < 4.78 is 22.9. The maximum absolute atomic E-state index is 11.9. The van der Waals surface area contributed by atoms with E-state index in [4.69, 9.17) is 5.14 Å². The Morgan fingerprint density at radius 3 is 2.60 bits per heavy atom. The molecule has 0 aliphatic carbocycles. The minimum absolute atomic E-state index is 0.0110. The molecule has 8 heteroatoms. The first-order chi connectivity index (χ1) is 9.25. The number of nitrogens with one attached hydrogen (secondary N) is 2. The average Bonchev–Trinajstić information content (AvgIpc) is 2.36. The maximum atomic E-state index is 11.9. The van der Waals surface area contributed by atoms with Crippen LogP contribution in [0.5, 0.6) is 0 Å². The van der Waals surface area contributed by atoms with Gasteiger partial charge in [-0.1, -0.05) is 13.8 Å². The number of sulfonamides is 1. The molecule has 0 heterocycles. The lowest BCUT2D eigenvalue weighted by Gasteiger charge is -2.13. The molecule has 1 aromatic carbocycles. The fraction of sp³-hybridized carbons (Fsp3) is 0.417. The van der Waals surface area contributed by atoms with Crippen LogP contribution in [0.2, 0.25) is 0 Å². The van der Waals surface area contributed by atoms with Gasteiger partial charge in [0.25, 0.3) is 0 Å². The number of anilines is 1. The second-order valence-corrected chi connectivity index (χ2v) is 6.80. The van der Waals surface area contributed by atoms with Crippen molar-refractivity contribution in [3.8, 4) is 0 Å². The number of primary sulfonamides is 1. The van der Waals surface area contributed by atoms with Gasteiger partial charge in [0.1, 0.15) is 0 Å². The number of benzene rings is 1. The Kier molecular flexibility index (Phi) is 6.12. The zero-order valence-electron chi connectivity index (χ0n) is 11.3. The topological polar surface area (TPSA) is 101 Å². The number of halogens is 1. The summed E-state index contributed by atoms with van der Waals surface area (Å²) in [7, 11) is -3.75. The van der Waals surface area contributed by atoms with Gasteiger partial charge in [0, 0.05) is 16.9 Å². The van der Waals surface area contributed by atoms with Gasteiger partial charge in [-0.15, -0.1) is 0 Å². The van der Waals surface area contributed by atoms with Crippen molar-refractivity contribution >= 4 is 37.5 Å². The first kappa shape index (κ1) is 17.1. The smallest absolute Gasteiger partial charge is 0.238 e. The molecule has 0 fully saturated rings. The summed E-state index contributed by atoms with van der Waals surface area (Å²) in [4.78, 5) is 11.9. The molecule has 4 N–H and O–H groups in total. The number of carbonyl (C=O) groups is 1. The van der Waals surface area contributed by atoms with Crippen LogP contribution in [0.4, 0.5) is 5.69 Å². The van der Waals surface area contributed by atoms with Crippen molar-refractivity contribution in [3.05, 3.63) is 22.7 Å². The SMILES string of the molecule is CCNCC(C)C(=O)Nc1ccc(S(N)(=O)=O)cc1Br. The van der Waals surface area contributed by atoms with Gasteiger partial charge in [-0.2, -0.15) is 0 Å². The molecular weight excluding hydrogens is 346 g/mol. The molecule has 0 aliphatic heterocycles. The van der Waals surface area contributed by atoms with Crippen LogP contribution in [-0.4, -0.2) is 27.4 Å². The lowest BCUT2D eigenvalue weighted by atomic mass is 10.1. The number of nitrogens with two attached hydrogens (primary N) is 1. The molecular formula is C12H18BrN3O3S. The summed E-state index contributed by atoms with van der Waals surface area (Å²) in [6.07, 6.45) is 0. The van der Waals surface area contributed by atoms with Crippen LogP contribution in [0.15, 0.2) is 27.6 Å². The Hall–Kier alpha value is -0.960. The second kappa shape index (κ2) is 7.16. The van der Waals surface area contributed by atoms with Crippen LogP contribution in [0, 0.1) is 5.92 Å². The van der Waals surface area contributed by atoms with E-state index in [-0.39, 0.29) is 16.7 Å². The number of amides is 1. The van der Waals surface area contributed by atoms with Crippen molar-refractivity contribution in [2.75, 3.05) is 18.4 Å². The van der Waals surface area contributed by atoms with Gasteiger partial charge in [0.2, 0.25) is 15.9 Å². The van der Waals surface area contributed by atoms with Crippen LogP contribution in [0.25, 0.3) is 0 Å². The van der Waals surface area contributed by atoms with Crippen molar-refractivity contribution in [2.24, 2.45) is 11.1 Å². The minimum atomic E-state index is -3.75. The Bertz CT molecular complexity index is 590. The third-order valence-electron chi connectivity index (χ3n) is 2.68. The largest absolute Gasteiger partial charge is 0.325 e. The van der Waals surface area contributed by atoms with E-state index in [0.717, 1.165) is 6.54 Å². The Labute approximate surface area is 127 Å². The molecule has 1 aromatic rings. The zero-order chi connectivity index (χ0) is 15.3. The van der Waals surface area contributed by atoms with Crippen LogP contribution in [0.1, 0.15) is 13.8 Å². The highest BCUT2D eigenvalue weighted by molar-refractivity contribution is 9.10. The van der Waals surface area contributed by atoms with Crippen molar-refractivity contribution in [2.45, 2.75) is 18.7 Å². The van der Waals surface area contributed by atoms with Gasteiger partial charge in [-0.05, 0) is 40.7 Å². The van der Waals surface area contributed by atoms with Gasteiger partial charge >= 0.3 is 0 Å². The van der Waals surface area contributed by atoms with E-state index >= 15 is 0 Å². The number of hydrogen-bond acceptors (Lipinski definition) is 4. The number of carbonyl (C=O) groups excluding carboxylic acids is 1. The van der Waals surface area contributed by atoms with Crippen LogP contribution in [-0.2, 0) is 14.8 Å². The number of rotatable bonds is 6. The minimum Gasteiger partial charge on any atom is -0.325 e. The van der Waals surface area contributed by atoms with E-state index in [9.17, 15) is 13.2 Å². The summed E-state index contributed by atoms with van der Waals surface area (Å²) >= 11 is 3.22. The van der Waals surface area contributed by atoms with Gasteiger partial charge in [0.15, 0.2) is 0 Å². The molecule has 0 radical (unpaired) electrons. The molecule has 112 valence electrons. The highest BCUT2D eigenvalue weighted by Crippen LogP contribution is 2.25. The molecule has 0 saturated carbocycles. The monoisotopic (exact) mass is 363 g/mol. The molecule has 0 bridgehead atoms. The summed E-state index contributed by atoms with van der Waals surface area (Å²) in [6.45, 7) is 5.15. The second-order valence-electron chi connectivity index (χ2n) is 4.38. The van der Waals surface area contributed by atoms with Crippen molar-refractivity contribution in [1.82, 2.24) is 5.32 Å². The molecule has 0 saturated heterocycles. The van der Waals surface area contributed by atoms with Crippen LogP contribution < -0.4 is 15.8 Å². The standard InChI is InChI=1S/C12H18BrN3O3S/c1-3-15-7-8(2)12(17)16-11-5-4-9(6-10(11)13)20(14,18)19/h4-6,8,15H,3,7H2,1-2H3,(H,16,17)(H2,14,18,19). The van der Waals surface area contributed by atoms with Crippen molar-refractivity contribution < 1.29 is 13.2 Å². The molecule has 1 amide bonds. The molecule has 0 aliphatic rings. The van der Waals surface area contributed by atoms with Crippen LogP contribution in [0.3, 0.4) is 0 Å². The summed E-state index contributed by atoms with van der Waals surface area (Å²) in [5.74, 6) is -0.338. The fourth-order valence-electron chi connectivity index (χ4n) is 1.48. The highest BCUT2D eigenvalue weighted by Gasteiger charge is 2.15. The Morgan fingerprint density at radius 1 is 1.45 bits per heavy atom. The van der Waals surface area contributed by atoms with Crippen LogP contribution >= 0.6 is 15.9 Å². The van der Waals surface area contributed by atoms with Crippen molar-refractivity contribution in [3.63, 3.8) is 0 Å². The first-order valence-electron chi connectivity index (χ1n) is 6.09. The third kappa shape index (κ3) is 4.86. The molecule has 1 atom stereocenters. The molecule has 1 rings (SSSR count). The first-order valence-corrected chi connectivity index (χ1v) is 8.43. The molecule has 0 spiro atoms. The van der Waals surface area contributed by atoms with Gasteiger partial charge in [-0.25, -0.2) is 13.6 Å². The summed E-state index contributed by atoms with van der Waals surface area (Å²) in [5.41, 5.74) is 0.505. The van der Waals surface area contributed by atoms with E-state index in [1.807, 2.05) is 13.8 Å². The Morgan fingerprint density at radius 2 is 2.10 bits per heavy atom. The van der Waals surface area contributed by atoms with Gasteiger partial charge in [0.05, 0.1) is 10.6 Å². The van der Waals surface area contributed by atoms with E-state index in [1.54, 1.807) is 0 Å². The fourth-order valence-corrected chi connectivity index (χ4v) is 2.65. The molecule has 6 nitrogen and oxygen atoms in total. The lowest BCUT2D eigenvalue weighted by molar-refractivity contribution is -0.119. The molecule has 20 heavy (non-hydrogen) atoms. The van der Waals surface area contributed by atoms with Gasteiger partial charge < -0.3 is 10.6 Å².